The van der Waals surface area contributed by atoms with Gasteiger partial charge in [0.25, 0.3) is 0 Å². The van der Waals surface area contributed by atoms with Crippen molar-refractivity contribution in [1.82, 2.24) is 0 Å². The first-order valence-corrected chi connectivity index (χ1v) is 9.69. The third kappa shape index (κ3) is 2.94. The summed E-state index contributed by atoms with van der Waals surface area (Å²) in [4.78, 5) is 11.7. The average Bonchev–Trinajstić information content (AvgIpc) is 3.04. The van der Waals surface area contributed by atoms with Gasteiger partial charge in [-0.1, -0.05) is 26.0 Å². The Morgan fingerprint density at radius 2 is 2.04 bits per heavy atom. The fourth-order valence-corrected chi connectivity index (χ4v) is 5.44. The van der Waals surface area contributed by atoms with Crippen molar-refractivity contribution in [2.45, 2.75) is 70.7 Å². The predicted octanol–water partition coefficient (Wildman–Crippen LogP) is 2.35. The molecule has 0 aromatic carbocycles. The van der Waals surface area contributed by atoms with Gasteiger partial charge in [0.1, 0.15) is 6.10 Å². The molecule has 26 heavy (non-hydrogen) atoms. The summed E-state index contributed by atoms with van der Waals surface area (Å²) in [6.07, 6.45) is 8.29. The highest BCUT2D eigenvalue weighted by atomic mass is 16.5. The first-order chi connectivity index (χ1) is 12.0. The van der Waals surface area contributed by atoms with Crippen LogP contribution in [0.3, 0.4) is 0 Å². The number of ether oxygens (including phenoxy) is 1. The van der Waals surface area contributed by atoms with E-state index >= 15 is 0 Å². The molecule has 5 nitrogen and oxygen atoms in total. The molecule has 2 aliphatic carbocycles. The van der Waals surface area contributed by atoms with Crippen LogP contribution in [0.1, 0.15) is 53.4 Å². The molecule has 2 fully saturated rings. The zero-order valence-electron chi connectivity index (χ0n) is 16.2. The van der Waals surface area contributed by atoms with Crippen molar-refractivity contribution in [3.05, 3.63) is 23.8 Å². The zero-order chi connectivity index (χ0) is 19.3. The quantitative estimate of drug-likeness (QED) is 0.515. The molecule has 0 spiro atoms. The lowest BCUT2D eigenvalue weighted by atomic mass is 9.58. The molecule has 2 saturated carbocycles. The minimum absolute atomic E-state index is 0.105. The van der Waals surface area contributed by atoms with E-state index in [1.807, 2.05) is 6.08 Å². The van der Waals surface area contributed by atoms with Crippen molar-refractivity contribution in [1.29, 1.82) is 0 Å². The smallest absolute Gasteiger partial charge is 0.331 e. The fourth-order valence-electron chi connectivity index (χ4n) is 5.44. The maximum absolute atomic E-state index is 11.7. The number of hydrogen-bond donors (Lipinski definition) is 3. The van der Waals surface area contributed by atoms with Gasteiger partial charge >= 0.3 is 5.97 Å². The number of aliphatic hydroxyl groups excluding tert-OH is 1. The Bertz CT molecular complexity index is 631. The lowest BCUT2D eigenvalue weighted by Gasteiger charge is -2.50. The minimum Gasteiger partial charge on any atom is -0.455 e. The Balaban J connectivity index is 1.82. The summed E-state index contributed by atoms with van der Waals surface area (Å²) in [5, 5.41) is 31.2. The highest BCUT2D eigenvalue weighted by molar-refractivity contribution is 5.86. The molecule has 6 unspecified atom stereocenters. The molecule has 5 heteroatoms. The molecule has 6 atom stereocenters. The van der Waals surface area contributed by atoms with Gasteiger partial charge in [0, 0.05) is 23.0 Å². The summed E-state index contributed by atoms with van der Waals surface area (Å²) in [7, 11) is 0. The minimum atomic E-state index is -0.985. The molecule has 0 radical (unpaired) electrons. The van der Waals surface area contributed by atoms with Gasteiger partial charge in [0.15, 0.2) is 0 Å². The van der Waals surface area contributed by atoms with E-state index in [4.69, 9.17) is 4.74 Å². The summed E-state index contributed by atoms with van der Waals surface area (Å²) in [6, 6.07) is 0. The van der Waals surface area contributed by atoms with E-state index in [0.717, 1.165) is 24.8 Å². The highest BCUT2D eigenvalue weighted by Gasteiger charge is 2.63. The Kier molecular flexibility index (Phi) is 4.87. The predicted molar refractivity (Wildman–Crippen MR) is 98.2 cm³/mol. The molecular weight excluding hydrogens is 332 g/mol. The molecule has 0 saturated heterocycles. The number of carbonyl (C=O) groups excluding carboxylic acids is 1. The number of carbonyl (C=O) groups is 1. The number of fused-ring (bicyclic) bond motifs is 3. The average molecular weight is 364 g/mol. The van der Waals surface area contributed by atoms with Gasteiger partial charge in [-0.15, -0.1) is 0 Å². The lowest BCUT2D eigenvalue weighted by Crippen LogP contribution is -2.53. The van der Waals surface area contributed by atoms with Crippen LogP contribution in [0.4, 0.5) is 0 Å². The second-order valence-corrected chi connectivity index (χ2v) is 9.17. The zero-order valence-corrected chi connectivity index (χ0v) is 16.2. The van der Waals surface area contributed by atoms with E-state index in [2.05, 4.69) is 19.9 Å². The summed E-state index contributed by atoms with van der Waals surface area (Å²) in [5.74, 6) is -0.199. The second-order valence-electron chi connectivity index (χ2n) is 9.17. The third-order valence-corrected chi connectivity index (χ3v) is 7.25. The van der Waals surface area contributed by atoms with Crippen molar-refractivity contribution in [2.24, 2.45) is 23.2 Å². The molecule has 3 aliphatic rings. The van der Waals surface area contributed by atoms with Crippen LogP contribution in [-0.4, -0.2) is 45.2 Å². The molecule has 146 valence electrons. The van der Waals surface area contributed by atoms with E-state index in [9.17, 15) is 20.1 Å². The normalized spacial score (nSPS) is 39.3. The number of esters is 1. The second kappa shape index (κ2) is 6.47. The summed E-state index contributed by atoms with van der Waals surface area (Å²) < 4.78 is 5.35. The number of hydrogen-bond acceptors (Lipinski definition) is 5. The molecule has 0 aromatic rings. The SMILES string of the molecule is CC(C=CC(CO)C(C)(C)O)C1CCC2(O)C3=CC(=O)OC3CCC12C. The first kappa shape index (κ1) is 19.6. The van der Waals surface area contributed by atoms with Crippen LogP contribution >= 0.6 is 0 Å². The van der Waals surface area contributed by atoms with Crippen LogP contribution in [0, 0.1) is 23.2 Å². The molecule has 1 aliphatic heterocycles. The number of rotatable bonds is 5. The van der Waals surface area contributed by atoms with Gasteiger partial charge in [0.05, 0.1) is 17.8 Å². The van der Waals surface area contributed by atoms with Crippen molar-refractivity contribution in [2.75, 3.05) is 6.61 Å². The Morgan fingerprint density at radius 3 is 2.65 bits per heavy atom. The fraction of sp³-hybridized carbons (Fsp3) is 0.762. The van der Waals surface area contributed by atoms with E-state index in [0.29, 0.717) is 6.42 Å². The Hall–Kier alpha value is -1.17. The Labute approximate surface area is 155 Å². The van der Waals surface area contributed by atoms with Gasteiger partial charge in [-0.2, -0.15) is 0 Å². The summed E-state index contributed by atoms with van der Waals surface area (Å²) >= 11 is 0. The van der Waals surface area contributed by atoms with Crippen molar-refractivity contribution in [3.8, 4) is 0 Å². The van der Waals surface area contributed by atoms with Gasteiger partial charge in [-0.25, -0.2) is 4.79 Å². The lowest BCUT2D eigenvalue weighted by molar-refractivity contribution is -0.143. The van der Waals surface area contributed by atoms with Gasteiger partial charge in [0.2, 0.25) is 0 Å². The van der Waals surface area contributed by atoms with E-state index < -0.39 is 11.2 Å². The number of allylic oxidation sites excluding steroid dienone is 1. The Morgan fingerprint density at radius 1 is 1.35 bits per heavy atom. The van der Waals surface area contributed by atoms with Crippen molar-refractivity contribution >= 4 is 5.97 Å². The maximum Gasteiger partial charge on any atom is 0.331 e. The topological polar surface area (TPSA) is 87.0 Å². The largest absolute Gasteiger partial charge is 0.455 e. The monoisotopic (exact) mass is 364 g/mol. The summed E-state index contributed by atoms with van der Waals surface area (Å²) in [6.45, 7) is 7.56. The molecule has 1 heterocycles. The van der Waals surface area contributed by atoms with Crippen LogP contribution in [0.25, 0.3) is 0 Å². The van der Waals surface area contributed by atoms with Crippen LogP contribution in [-0.2, 0) is 9.53 Å². The first-order valence-electron chi connectivity index (χ1n) is 9.69. The van der Waals surface area contributed by atoms with Crippen molar-refractivity contribution < 1.29 is 24.9 Å². The maximum atomic E-state index is 11.7. The van der Waals surface area contributed by atoms with Crippen LogP contribution in [0.2, 0.25) is 0 Å². The van der Waals surface area contributed by atoms with Crippen LogP contribution < -0.4 is 0 Å². The highest BCUT2D eigenvalue weighted by Crippen LogP contribution is 2.62. The molecular formula is C21H32O5. The summed E-state index contributed by atoms with van der Waals surface area (Å²) in [5.41, 5.74) is -1.51. The van der Waals surface area contributed by atoms with E-state index in [-0.39, 0.29) is 41.8 Å². The standard InChI is InChI=1S/C21H32O5/c1-13(5-6-14(12-22)19(2,3)24)15-7-10-21(25)16-11-18(23)26-17(16)8-9-20(15,21)4/h5-6,11,13-15,17,22,24-25H,7-10,12H2,1-4H3. The van der Waals surface area contributed by atoms with E-state index in [1.54, 1.807) is 13.8 Å². The van der Waals surface area contributed by atoms with Gasteiger partial charge < -0.3 is 20.1 Å². The molecule has 0 bridgehead atoms. The van der Waals surface area contributed by atoms with Crippen molar-refractivity contribution in [3.63, 3.8) is 0 Å². The van der Waals surface area contributed by atoms with Gasteiger partial charge in [-0.05, 0) is 51.4 Å². The molecule has 3 N–H and O–H groups in total. The molecule has 0 amide bonds. The van der Waals surface area contributed by atoms with Crippen LogP contribution in [0.5, 0.6) is 0 Å². The number of aliphatic hydroxyl groups is 3. The van der Waals surface area contributed by atoms with Crippen LogP contribution in [0.15, 0.2) is 23.8 Å². The molecule has 0 aromatic heterocycles. The van der Waals surface area contributed by atoms with E-state index in [1.165, 1.54) is 6.08 Å². The van der Waals surface area contributed by atoms with Gasteiger partial charge in [-0.3, -0.25) is 0 Å². The molecule has 3 rings (SSSR count). The third-order valence-electron chi connectivity index (χ3n) is 7.25.